The van der Waals surface area contributed by atoms with E-state index in [1.165, 1.54) is 11.3 Å². The third-order valence-electron chi connectivity index (χ3n) is 6.24. The third-order valence-corrected chi connectivity index (χ3v) is 7.47. The Morgan fingerprint density at radius 3 is 2.66 bits per heavy atom. The van der Waals surface area contributed by atoms with Gasteiger partial charge in [-0.15, -0.1) is 11.3 Å². The molecule has 1 unspecified atom stereocenters. The van der Waals surface area contributed by atoms with Gasteiger partial charge in [0, 0.05) is 38.8 Å². The van der Waals surface area contributed by atoms with Gasteiger partial charge in [0.25, 0.3) is 5.91 Å². The summed E-state index contributed by atoms with van der Waals surface area (Å²) < 4.78 is 11.4. The van der Waals surface area contributed by atoms with E-state index in [1.54, 1.807) is 12.1 Å². The Morgan fingerprint density at radius 1 is 1.25 bits per heavy atom. The maximum atomic E-state index is 12.8. The molecule has 2 fully saturated rings. The summed E-state index contributed by atoms with van der Waals surface area (Å²) in [6.07, 6.45) is 5.45. The molecule has 0 saturated carbocycles. The summed E-state index contributed by atoms with van der Waals surface area (Å²) in [4.78, 5) is 29.8. The van der Waals surface area contributed by atoms with Crippen LogP contribution in [0.2, 0.25) is 4.34 Å². The van der Waals surface area contributed by atoms with E-state index < -0.39 is 0 Å². The number of thiophene rings is 1. The molecule has 9 heteroatoms. The second-order valence-corrected chi connectivity index (χ2v) is 10.4. The molecule has 180 valence electrons. The standard InChI is InChI=1S/C23H36ClN3O4S/c1-2-3-14-31-23(29)27-10-6-18(7-11-27)17-19(8-9-26-12-15-30-16-13-26)25-22(28)20-4-5-21(24)32-20/h4-5,18-19H,2-3,6-17H2,1H3,(H,25,28). The highest BCUT2D eigenvalue weighted by molar-refractivity contribution is 7.18. The number of amides is 2. The maximum Gasteiger partial charge on any atom is 0.409 e. The number of rotatable bonds is 10. The molecule has 1 atom stereocenters. The van der Waals surface area contributed by atoms with E-state index in [4.69, 9.17) is 21.1 Å². The number of piperidine rings is 1. The number of morpholine rings is 1. The molecule has 2 aliphatic heterocycles. The molecule has 3 heterocycles. The molecule has 0 radical (unpaired) electrons. The average Bonchev–Trinajstić information content (AvgIpc) is 3.25. The average molecular weight is 486 g/mol. The van der Waals surface area contributed by atoms with Crippen LogP contribution in [0, 0.1) is 5.92 Å². The molecule has 1 N–H and O–H groups in total. The van der Waals surface area contributed by atoms with Crippen molar-refractivity contribution in [3.63, 3.8) is 0 Å². The van der Waals surface area contributed by atoms with Crippen molar-refractivity contribution in [1.29, 1.82) is 0 Å². The van der Waals surface area contributed by atoms with Crippen LogP contribution in [0.5, 0.6) is 0 Å². The Kier molecular flexibility index (Phi) is 10.6. The van der Waals surface area contributed by atoms with Crippen LogP contribution in [0.4, 0.5) is 4.79 Å². The highest BCUT2D eigenvalue weighted by Crippen LogP contribution is 2.25. The lowest BCUT2D eigenvalue weighted by atomic mass is 9.89. The van der Waals surface area contributed by atoms with E-state index in [-0.39, 0.29) is 18.0 Å². The van der Waals surface area contributed by atoms with E-state index >= 15 is 0 Å². The first-order valence-corrected chi connectivity index (χ1v) is 13.0. The van der Waals surface area contributed by atoms with Gasteiger partial charge in [-0.25, -0.2) is 4.79 Å². The number of ether oxygens (including phenoxy) is 2. The molecule has 2 saturated heterocycles. The fraction of sp³-hybridized carbons (Fsp3) is 0.739. The lowest BCUT2D eigenvalue weighted by Gasteiger charge is -2.34. The first kappa shape index (κ1) is 25.3. The van der Waals surface area contributed by atoms with Gasteiger partial charge in [-0.1, -0.05) is 24.9 Å². The quantitative estimate of drug-likeness (QED) is 0.501. The Morgan fingerprint density at radius 2 is 2.00 bits per heavy atom. The Hall–Kier alpha value is -1.35. The SMILES string of the molecule is CCCCOC(=O)N1CCC(CC(CCN2CCOCC2)NC(=O)c2ccc(Cl)s2)CC1. The zero-order valence-electron chi connectivity index (χ0n) is 19.0. The van der Waals surface area contributed by atoms with Crippen molar-refractivity contribution in [1.82, 2.24) is 15.1 Å². The predicted octanol–water partition coefficient (Wildman–Crippen LogP) is 4.26. The minimum atomic E-state index is -0.191. The van der Waals surface area contributed by atoms with Gasteiger partial charge < -0.3 is 19.7 Å². The van der Waals surface area contributed by atoms with Gasteiger partial charge in [0.2, 0.25) is 0 Å². The number of hydrogen-bond donors (Lipinski definition) is 1. The van der Waals surface area contributed by atoms with Crippen LogP contribution in [-0.4, -0.2) is 80.4 Å². The van der Waals surface area contributed by atoms with E-state index in [1.807, 2.05) is 4.90 Å². The smallest absolute Gasteiger partial charge is 0.409 e. The second kappa shape index (κ2) is 13.4. The van der Waals surface area contributed by atoms with Gasteiger partial charge in [-0.3, -0.25) is 9.69 Å². The van der Waals surface area contributed by atoms with Crippen molar-refractivity contribution >= 4 is 34.9 Å². The number of halogens is 1. The lowest BCUT2D eigenvalue weighted by Crippen LogP contribution is -2.44. The molecule has 0 spiro atoms. The highest BCUT2D eigenvalue weighted by atomic mass is 35.5. The predicted molar refractivity (Wildman–Crippen MR) is 128 cm³/mol. The molecule has 2 amide bonds. The Balaban J connectivity index is 1.50. The minimum absolute atomic E-state index is 0.0502. The van der Waals surface area contributed by atoms with Crippen LogP contribution in [0.15, 0.2) is 12.1 Å². The van der Waals surface area contributed by atoms with Gasteiger partial charge in [-0.05, 0) is 50.2 Å². The molecular weight excluding hydrogens is 450 g/mol. The first-order chi connectivity index (χ1) is 15.5. The zero-order valence-corrected chi connectivity index (χ0v) is 20.6. The normalized spacial score (nSPS) is 19.0. The van der Waals surface area contributed by atoms with Crippen molar-refractivity contribution in [2.75, 3.05) is 52.5 Å². The number of nitrogens with zero attached hydrogens (tertiary/aromatic N) is 2. The lowest BCUT2D eigenvalue weighted by molar-refractivity contribution is 0.0353. The van der Waals surface area contributed by atoms with Crippen LogP contribution in [0.1, 0.15) is 55.1 Å². The number of hydrogen-bond acceptors (Lipinski definition) is 6. The molecule has 0 bridgehead atoms. The van der Waals surface area contributed by atoms with Crippen molar-refractivity contribution in [2.24, 2.45) is 5.92 Å². The van der Waals surface area contributed by atoms with Crippen molar-refractivity contribution in [3.05, 3.63) is 21.3 Å². The summed E-state index contributed by atoms with van der Waals surface area (Å²) in [6.45, 7) is 8.41. The van der Waals surface area contributed by atoms with Crippen LogP contribution >= 0.6 is 22.9 Å². The van der Waals surface area contributed by atoms with Gasteiger partial charge in [0.1, 0.15) is 0 Å². The largest absolute Gasteiger partial charge is 0.449 e. The monoisotopic (exact) mass is 485 g/mol. The Labute approximate surface area is 200 Å². The summed E-state index contributed by atoms with van der Waals surface area (Å²) in [7, 11) is 0. The van der Waals surface area contributed by atoms with Crippen LogP contribution in [0.3, 0.4) is 0 Å². The molecule has 1 aromatic rings. The molecule has 0 aromatic carbocycles. The molecule has 0 aliphatic carbocycles. The fourth-order valence-electron chi connectivity index (χ4n) is 4.25. The van der Waals surface area contributed by atoms with E-state index in [0.29, 0.717) is 21.7 Å². The summed E-state index contributed by atoms with van der Waals surface area (Å²) >= 11 is 7.33. The van der Waals surface area contributed by atoms with Gasteiger partial charge in [0.15, 0.2) is 0 Å². The molecule has 32 heavy (non-hydrogen) atoms. The maximum absolute atomic E-state index is 12.8. The summed E-state index contributed by atoms with van der Waals surface area (Å²) in [5.41, 5.74) is 0. The second-order valence-electron chi connectivity index (χ2n) is 8.65. The van der Waals surface area contributed by atoms with Crippen molar-refractivity contribution in [3.8, 4) is 0 Å². The number of nitrogens with one attached hydrogen (secondary N) is 1. The highest BCUT2D eigenvalue weighted by Gasteiger charge is 2.27. The number of likely N-dealkylation sites (tertiary alicyclic amines) is 1. The molecule has 3 rings (SSSR count). The molecule has 1 aromatic heterocycles. The first-order valence-electron chi connectivity index (χ1n) is 11.8. The van der Waals surface area contributed by atoms with Gasteiger partial charge in [-0.2, -0.15) is 0 Å². The zero-order chi connectivity index (χ0) is 22.8. The Bertz CT molecular complexity index is 718. The summed E-state index contributed by atoms with van der Waals surface area (Å²) in [6, 6.07) is 3.64. The van der Waals surface area contributed by atoms with Gasteiger partial charge >= 0.3 is 6.09 Å². The summed E-state index contributed by atoms with van der Waals surface area (Å²) in [5, 5.41) is 3.25. The van der Waals surface area contributed by atoms with Gasteiger partial charge in [0.05, 0.1) is 29.0 Å². The number of carbonyl (C=O) groups is 2. The van der Waals surface area contributed by atoms with E-state index in [9.17, 15) is 9.59 Å². The third kappa shape index (κ3) is 8.21. The van der Waals surface area contributed by atoms with Crippen molar-refractivity contribution < 1.29 is 19.1 Å². The summed E-state index contributed by atoms with van der Waals surface area (Å²) in [5.74, 6) is 0.433. The van der Waals surface area contributed by atoms with Crippen LogP contribution in [0.25, 0.3) is 0 Å². The topological polar surface area (TPSA) is 71.1 Å². The van der Waals surface area contributed by atoms with E-state index in [0.717, 1.165) is 84.5 Å². The van der Waals surface area contributed by atoms with E-state index in [2.05, 4.69) is 17.1 Å². The molecular formula is C23H36ClN3O4S. The number of carbonyl (C=O) groups excluding carboxylic acids is 2. The van der Waals surface area contributed by atoms with Crippen LogP contribution < -0.4 is 5.32 Å². The minimum Gasteiger partial charge on any atom is -0.449 e. The molecule has 2 aliphatic rings. The fourth-order valence-corrected chi connectivity index (χ4v) is 5.20. The molecule has 7 nitrogen and oxygen atoms in total. The number of unbranched alkanes of at least 4 members (excludes halogenated alkanes) is 1. The van der Waals surface area contributed by atoms with Crippen molar-refractivity contribution in [2.45, 2.75) is 51.5 Å². The van der Waals surface area contributed by atoms with Crippen LogP contribution in [-0.2, 0) is 9.47 Å².